The van der Waals surface area contributed by atoms with E-state index in [0.29, 0.717) is 11.7 Å². The molecule has 0 unspecified atom stereocenters. The molecule has 1 aliphatic rings. The van der Waals surface area contributed by atoms with Gasteiger partial charge >= 0.3 is 0 Å². The van der Waals surface area contributed by atoms with Gasteiger partial charge in [-0.25, -0.2) is 0 Å². The van der Waals surface area contributed by atoms with Crippen molar-refractivity contribution in [3.8, 4) is 0 Å². The Labute approximate surface area is 87.6 Å². The molecule has 1 rings (SSSR count). The van der Waals surface area contributed by atoms with Gasteiger partial charge in [-0.3, -0.25) is 4.79 Å². The summed E-state index contributed by atoms with van der Waals surface area (Å²) in [5.74, 6) is 0.759. The number of hydrogen-bond donors (Lipinski definition) is 0. The Morgan fingerprint density at radius 3 is 2.21 bits per heavy atom. The van der Waals surface area contributed by atoms with Gasteiger partial charge in [0.05, 0.1) is 0 Å². The fourth-order valence-corrected chi connectivity index (χ4v) is 2.15. The van der Waals surface area contributed by atoms with Crippen LogP contribution in [0.3, 0.4) is 0 Å². The van der Waals surface area contributed by atoms with E-state index in [-0.39, 0.29) is 0 Å². The zero-order valence-electron chi connectivity index (χ0n) is 9.73. The molecule has 0 atom stereocenters. The summed E-state index contributed by atoms with van der Waals surface area (Å²) >= 11 is 0. The van der Waals surface area contributed by atoms with E-state index in [0.717, 1.165) is 24.8 Å². The molecule has 0 spiro atoms. The van der Waals surface area contributed by atoms with Crippen molar-refractivity contribution in [2.75, 3.05) is 0 Å². The van der Waals surface area contributed by atoms with Crippen molar-refractivity contribution in [1.82, 2.24) is 0 Å². The van der Waals surface area contributed by atoms with Gasteiger partial charge in [0.2, 0.25) is 0 Å². The Balaban J connectivity index is 2.63. The molecule has 0 saturated heterocycles. The van der Waals surface area contributed by atoms with E-state index in [1.165, 1.54) is 24.8 Å². The molecule has 0 aromatic heterocycles. The second kappa shape index (κ2) is 5.33. The maximum Gasteiger partial charge on any atom is 0.161 e. The normalized spacial score (nSPS) is 20.5. The Kier molecular flexibility index (Phi) is 4.37. The highest BCUT2D eigenvalue weighted by Crippen LogP contribution is 2.27. The summed E-state index contributed by atoms with van der Waals surface area (Å²) in [4.78, 5) is 12.0. The van der Waals surface area contributed by atoms with Gasteiger partial charge in [-0.15, -0.1) is 0 Å². The fraction of sp³-hybridized carbons (Fsp3) is 0.769. The summed E-state index contributed by atoms with van der Waals surface area (Å²) in [5.41, 5.74) is 2.29. The molecule has 0 bridgehead atoms. The molecule has 1 aliphatic carbocycles. The first-order chi connectivity index (χ1) is 6.66. The first-order valence-electron chi connectivity index (χ1n) is 5.87. The van der Waals surface area contributed by atoms with Crippen LogP contribution >= 0.6 is 0 Å². The van der Waals surface area contributed by atoms with E-state index in [1.807, 2.05) is 6.92 Å². The van der Waals surface area contributed by atoms with E-state index >= 15 is 0 Å². The molecule has 14 heavy (non-hydrogen) atoms. The zero-order chi connectivity index (χ0) is 10.6. The maximum absolute atomic E-state index is 12.0. The fourth-order valence-electron chi connectivity index (χ4n) is 2.15. The van der Waals surface area contributed by atoms with Crippen LogP contribution in [0.2, 0.25) is 0 Å². The summed E-state index contributed by atoms with van der Waals surface area (Å²) < 4.78 is 0. The van der Waals surface area contributed by atoms with Gasteiger partial charge in [-0.05, 0) is 38.7 Å². The largest absolute Gasteiger partial charge is 0.294 e. The van der Waals surface area contributed by atoms with E-state index in [4.69, 9.17) is 0 Å². The SMILES string of the molecule is CC/C(C)=C(\C)C(=O)C1CCCCC1. The number of carbonyl (C=O) groups is 1. The van der Waals surface area contributed by atoms with Crippen LogP contribution < -0.4 is 0 Å². The van der Waals surface area contributed by atoms with Gasteiger partial charge in [-0.1, -0.05) is 31.8 Å². The summed E-state index contributed by atoms with van der Waals surface area (Å²) in [5, 5.41) is 0. The van der Waals surface area contributed by atoms with Crippen LogP contribution in [0.25, 0.3) is 0 Å². The average Bonchev–Trinajstić information content (AvgIpc) is 2.27. The van der Waals surface area contributed by atoms with Gasteiger partial charge in [0.15, 0.2) is 5.78 Å². The lowest BCUT2D eigenvalue weighted by Crippen LogP contribution is -2.19. The predicted octanol–water partition coefficient (Wildman–Crippen LogP) is 3.88. The van der Waals surface area contributed by atoms with Crippen LogP contribution in [0.4, 0.5) is 0 Å². The second-order valence-electron chi connectivity index (χ2n) is 4.46. The third-order valence-corrected chi connectivity index (χ3v) is 3.52. The van der Waals surface area contributed by atoms with Crippen molar-refractivity contribution in [3.05, 3.63) is 11.1 Å². The standard InChI is InChI=1S/C13H22O/c1-4-10(2)11(3)13(14)12-8-6-5-7-9-12/h12H,4-9H2,1-3H3/b11-10+. The minimum absolute atomic E-state index is 0.338. The van der Waals surface area contributed by atoms with Crippen LogP contribution in [0.15, 0.2) is 11.1 Å². The highest BCUT2D eigenvalue weighted by Gasteiger charge is 2.22. The number of rotatable bonds is 3. The topological polar surface area (TPSA) is 17.1 Å². The highest BCUT2D eigenvalue weighted by molar-refractivity contribution is 5.97. The predicted molar refractivity (Wildman–Crippen MR) is 60.2 cm³/mol. The van der Waals surface area contributed by atoms with Gasteiger partial charge in [0, 0.05) is 5.92 Å². The van der Waals surface area contributed by atoms with Crippen LogP contribution in [-0.2, 0) is 4.79 Å². The molecule has 0 amide bonds. The average molecular weight is 194 g/mol. The lowest BCUT2D eigenvalue weighted by Gasteiger charge is -2.21. The summed E-state index contributed by atoms with van der Waals surface area (Å²) in [6.45, 7) is 6.19. The zero-order valence-corrected chi connectivity index (χ0v) is 9.73. The van der Waals surface area contributed by atoms with Crippen molar-refractivity contribution in [1.29, 1.82) is 0 Å². The van der Waals surface area contributed by atoms with Crippen molar-refractivity contribution in [3.63, 3.8) is 0 Å². The van der Waals surface area contributed by atoms with Gasteiger partial charge < -0.3 is 0 Å². The number of allylic oxidation sites excluding steroid dienone is 2. The molecule has 1 nitrogen and oxygen atoms in total. The lowest BCUT2D eigenvalue weighted by molar-refractivity contribution is -0.120. The number of carbonyl (C=O) groups excluding carboxylic acids is 1. The van der Waals surface area contributed by atoms with Crippen LogP contribution in [0.1, 0.15) is 59.3 Å². The minimum Gasteiger partial charge on any atom is -0.294 e. The summed E-state index contributed by atoms with van der Waals surface area (Å²) in [6.07, 6.45) is 7.05. The quantitative estimate of drug-likeness (QED) is 0.623. The maximum atomic E-state index is 12.0. The van der Waals surface area contributed by atoms with Crippen molar-refractivity contribution >= 4 is 5.78 Å². The molecule has 0 N–H and O–H groups in total. The van der Waals surface area contributed by atoms with Gasteiger partial charge in [-0.2, -0.15) is 0 Å². The van der Waals surface area contributed by atoms with E-state index < -0.39 is 0 Å². The highest BCUT2D eigenvalue weighted by atomic mass is 16.1. The third-order valence-electron chi connectivity index (χ3n) is 3.52. The lowest BCUT2D eigenvalue weighted by atomic mass is 9.83. The van der Waals surface area contributed by atoms with Crippen LogP contribution in [0, 0.1) is 5.92 Å². The molecular weight excluding hydrogens is 172 g/mol. The molecule has 1 heteroatoms. The molecule has 0 aliphatic heterocycles. The Morgan fingerprint density at radius 2 is 1.71 bits per heavy atom. The Morgan fingerprint density at radius 1 is 1.14 bits per heavy atom. The van der Waals surface area contributed by atoms with Crippen molar-refractivity contribution in [2.45, 2.75) is 59.3 Å². The molecule has 1 fully saturated rings. The molecule has 0 aromatic carbocycles. The number of hydrogen-bond acceptors (Lipinski definition) is 1. The Bertz CT molecular complexity index is 232. The Hall–Kier alpha value is -0.590. The van der Waals surface area contributed by atoms with E-state index in [2.05, 4.69) is 13.8 Å². The molecule has 0 aromatic rings. The monoisotopic (exact) mass is 194 g/mol. The molecule has 80 valence electrons. The van der Waals surface area contributed by atoms with Crippen LogP contribution in [-0.4, -0.2) is 5.78 Å². The number of ketones is 1. The van der Waals surface area contributed by atoms with Gasteiger partial charge in [0.1, 0.15) is 0 Å². The smallest absolute Gasteiger partial charge is 0.161 e. The molecule has 0 radical (unpaired) electrons. The molecule has 1 saturated carbocycles. The molecule has 0 heterocycles. The summed E-state index contributed by atoms with van der Waals surface area (Å²) in [7, 11) is 0. The number of Topliss-reactive ketones (excluding diaryl/α,β-unsaturated/α-hetero) is 1. The summed E-state index contributed by atoms with van der Waals surface area (Å²) in [6, 6.07) is 0. The molecular formula is C13H22O. The van der Waals surface area contributed by atoms with Gasteiger partial charge in [0.25, 0.3) is 0 Å². The second-order valence-corrected chi connectivity index (χ2v) is 4.46. The van der Waals surface area contributed by atoms with E-state index in [1.54, 1.807) is 0 Å². The first kappa shape index (κ1) is 11.5. The van der Waals surface area contributed by atoms with Crippen LogP contribution in [0.5, 0.6) is 0 Å². The first-order valence-corrected chi connectivity index (χ1v) is 5.87. The van der Waals surface area contributed by atoms with Crippen molar-refractivity contribution in [2.24, 2.45) is 5.92 Å². The van der Waals surface area contributed by atoms with Crippen molar-refractivity contribution < 1.29 is 4.79 Å². The minimum atomic E-state index is 0.338. The van der Waals surface area contributed by atoms with E-state index in [9.17, 15) is 4.79 Å². The third kappa shape index (κ3) is 2.70.